The second kappa shape index (κ2) is 6.99. The number of fused-ring (bicyclic) bond motifs is 1. The van der Waals surface area contributed by atoms with E-state index in [-0.39, 0.29) is 6.04 Å². The summed E-state index contributed by atoms with van der Waals surface area (Å²) >= 11 is 0. The average molecular weight is 296 g/mol. The maximum atomic E-state index is 6.29. The zero-order valence-electron chi connectivity index (χ0n) is 13.1. The van der Waals surface area contributed by atoms with Crippen LogP contribution in [0.5, 0.6) is 0 Å². The summed E-state index contributed by atoms with van der Waals surface area (Å²) < 4.78 is 0. The van der Waals surface area contributed by atoms with Crippen molar-refractivity contribution in [2.45, 2.75) is 44.7 Å². The van der Waals surface area contributed by atoms with Crippen LogP contribution in [-0.2, 0) is 6.42 Å². The average Bonchev–Trinajstić information content (AvgIpc) is 2.55. The van der Waals surface area contributed by atoms with Crippen LogP contribution < -0.4 is 11.1 Å². The van der Waals surface area contributed by atoms with Crippen LogP contribution in [0, 0.1) is 6.92 Å². The zero-order valence-corrected chi connectivity index (χ0v) is 13.1. The molecule has 1 aliphatic rings. The Balaban J connectivity index is 1.57. The molecule has 22 heavy (non-hydrogen) atoms. The van der Waals surface area contributed by atoms with Crippen molar-refractivity contribution < 1.29 is 0 Å². The first kappa shape index (κ1) is 15.1. The molecule has 2 heterocycles. The molecule has 2 aromatic rings. The van der Waals surface area contributed by atoms with E-state index in [9.17, 15) is 0 Å². The minimum Gasteiger partial charge on any atom is -0.323 e. The van der Waals surface area contributed by atoms with Gasteiger partial charge in [0.25, 0.3) is 0 Å². The fraction of sp³-hybridized carbons (Fsp3) is 0.444. The molecule has 0 amide bonds. The van der Waals surface area contributed by atoms with Crippen LogP contribution in [0.15, 0.2) is 36.7 Å². The lowest BCUT2D eigenvalue weighted by Crippen LogP contribution is -2.29. The molecule has 2 aromatic heterocycles. The first-order chi connectivity index (χ1) is 10.8. The third-order valence-electron chi connectivity index (χ3n) is 4.44. The second-order valence-corrected chi connectivity index (χ2v) is 6.05. The minimum atomic E-state index is -0.0134. The number of rotatable bonds is 5. The molecule has 0 radical (unpaired) electrons. The molecular formula is C18H24N4. The number of nitrogens with one attached hydrogen (secondary N) is 1. The van der Waals surface area contributed by atoms with E-state index in [0.717, 1.165) is 31.5 Å². The Kier molecular flexibility index (Phi) is 4.80. The Morgan fingerprint density at radius 2 is 2.09 bits per heavy atom. The SMILES string of the molecule is Cc1cccnc1C(N)CCNC1CCCc2cccnc21. The molecule has 0 saturated heterocycles. The van der Waals surface area contributed by atoms with E-state index in [2.05, 4.69) is 34.3 Å². The summed E-state index contributed by atoms with van der Waals surface area (Å²) in [5.41, 5.74) is 11.1. The standard InChI is InChI=1S/C18H24N4/c1-13-5-3-10-21-17(13)15(19)9-12-20-16-8-2-6-14-7-4-11-22-18(14)16/h3-5,7,10-11,15-16,20H,2,6,8-9,12,19H2,1H3. The quantitative estimate of drug-likeness (QED) is 0.890. The van der Waals surface area contributed by atoms with E-state index >= 15 is 0 Å². The molecule has 0 aromatic carbocycles. The summed E-state index contributed by atoms with van der Waals surface area (Å²) in [5, 5.41) is 3.63. The summed E-state index contributed by atoms with van der Waals surface area (Å²) in [7, 11) is 0. The highest BCUT2D eigenvalue weighted by Crippen LogP contribution is 2.27. The summed E-state index contributed by atoms with van der Waals surface area (Å²) in [4.78, 5) is 8.98. The first-order valence-corrected chi connectivity index (χ1v) is 8.10. The molecule has 0 bridgehead atoms. The highest BCUT2D eigenvalue weighted by Gasteiger charge is 2.21. The Bertz CT molecular complexity index is 626. The van der Waals surface area contributed by atoms with E-state index in [1.54, 1.807) is 0 Å². The monoisotopic (exact) mass is 296 g/mol. The Morgan fingerprint density at radius 3 is 2.95 bits per heavy atom. The van der Waals surface area contributed by atoms with Crippen LogP contribution in [0.4, 0.5) is 0 Å². The lowest BCUT2D eigenvalue weighted by atomic mass is 9.92. The van der Waals surface area contributed by atoms with Gasteiger partial charge in [-0.15, -0.1) is 0 Å². The van der Waals surface area contributed by atoms with Crippen molar-refractivity contribution >= 4 is 0 Å². The van der Waals surface area contributed by atoms with Crippen LogP contribution in [0.25, 0.3) is 0 Å². The van der Waals surface area contributed by atoms with E-state index in [1.807, 2.05) is 24.5 Å². The largest absolute Gasteiger partial charge is 0.323 e. The molecule has 116 valence electrons. The number of nitrogens with zero attached hydrogens (tertiary/aromatic N) is 2. The van der Waals surface area contributed by atoms with Crippen molar-refractivity contribution in [3.8, 4) is 0 Å². The molecular weight excluding hydrogens is 272 g/mol. The van der Waals surface area contributed by atoms with Gasteiger partial charge in [0.15, 0.2) is 0 Å². The Hall–Kier alpha value is -1.78. The van der Waals surface area contributed by atoms with Crippen LogP contribution in [0.2, 0.25) is 0 Å². The molecule has 0 saturated carbocycles. The fourth-order valence-electron chi connectivity index (χ4n) is 3.24. The third kappa shape index (κ3) is 3.34. The predicted octanol–water partition coefficient (Wildman–Crippen LogP) is 2.84. The van der Waals surface area contributed by atoms with Crippen molar-refractivity contribution in [3.63, 3.8) is 0 Å². The van der Waals surface area contributed by atoms with Crippen LogP contribution in [-0.4, -0.2) is 16.5 Å². The molecule has 2 unspecified atom stereocenters. The van der Waals surface area contributed by atoms with Gasteiger partial charge in [-0.05, 0) is 62.4 Å². The number of aromatic nitrogens is 2. The molecule has 4 heteroatoms. The van der Waals surface area contributed by atoms with E-state index in [4.69, 9.17) is 5.73 Å². The molecule has 1 aliphatic carbocycles. The molecule has 0 aliphatic heterocycles. The van der Waals surface area contributed by atoms with Crippen LogP contribution in [0.1, 0.15) is 53.9 Å². The molecule has 3 rings (SSSR count). The Morgan fingerprint density at radius 1 is 1.27 bits per heavy atom. The van der Waals surface area contributed by atoms with Crippen molar-refractivity contribution in [2.75, 3.05) is 6.54 Å². The van der Waals surface area contributed by atoms with E-state index < -0.39 is 0 Å². The van der Waals surface area contributed by atoms with Gasteiger partial charge in [-0.3, -0.25) is 9.97 Å². The fourth-order valence-corrected chi connectivity index (χ4v) is 3.24. The van der Waals surface area contributed by atoms with Crippen LogP contribution >= 0.6 is 0 Å². The molecule has 0 fully saturated rings. The number of pyridine rings is 2. The molecule has 3 N–H and O–H groups in total. The minimum absolute atomic E-state index is 0.0134. The Labute approximate surface area is 132 Å². The van der Waals surface area contributed by atoms with Gasteiger partial charge >= 0.3 is 0 Å². The van der Waals surface area contributed by atoms with Gasteiger partial charge in [0, 0.05) is 24.5 Å². The highest BCUT2D eigenvalue weighted by atomic mass is 14.9. The maximum absolute atomic E-state index is 6.29. The van der Waals surface area contributed by atoms with Gasteiger partial charge in [0.2, 0.25) is 0 Å². The number of hydrogen-bond acceptors (Lipinski definition) is 4. The van der Waals surface area contributed by atoms with Gasteiger partial charge in [-0.25, -0.2) is 0 Å². The van der Waals surface area contributed by atoms with E-state index in [1.165, 1.54) is 23.2 Å². The number of nitrogens with two attached hydrogens (primary N) is 1. The normalized spacial score (nSPS) is 18.7. The summed E-state index contributed by atoms with van der Waals surface area (Å²) in [5.74, 6) is 0. The molecule has 4 nitrogen and oxygen atoms in total. The van der Waals surface area contributed by atoms with Crippen molar-refractivity contribution in [1.82, 2.24) is 15.3 Å². The van der Waals surface area contributed by atoms with Gasteiger partial charge in [0.05, 0.1) is 11.4 Å². The molecule has 2 atom stereocenters. The summed E-state index contributed by atoms with van der Waals surface area (Å²) in [6, 6.07) is 8.59. The lowest BCUT2D eigenvalue weighted by molar-refractivity contribution is 0.433. The third-order valence-corrected chi connectivity index (χ3v) is 4.44. The highest BCUT2D eigenvalue weighted by molar-refractivity contribution is 5.25. The topological polar surface area (TPSA) is 63.8 Å². The van der Waals surface area contributed by atoms with Gasteiger partial charge in [0.1, 0.15) is 0 Å². The van der Waals surface area contributed by atoms with Gasteiger partial charge in [-0.2, -0.15) is 0 Å². The first-order valence-electron chi connectivity index (χ1n) is 8.10. The summed E-state index contributed by atoms with van der Waals surface area (Å²) in [6.07, 6.45) is 8.12. The maximum Gasteiger partial charge on any atom is 0.0605 e. The predicted molar refractivity (Wildman–Crippen MR) is 88.4 cm³/mol. The lowest BCUT2D eigenvalue weighted by Gasteiger charge is -2.25. The number of aryl methyl sites for hydroxylation is 2. The van der Waals surface area contributed by atoms with Gasteiger partial charge < -0.3 is 11.1 Å². The van der Waals surface area contributed by atoms with Crippen molar-refractivity contribution in [1.29, 1.82) is 0 Å². The van der Waals surface area contributed by atoms with Crippen molar-refractivity contribution in [2.24, 2.45) is 5.73 Å². The smallest absolute Gasteiger partial charge is 0.0605 e. The second-order valence-electron chi connectivity index (χ2n) is 6.05. The van der Waals surface area contributed by atoms with Crippen molar-refractivity contribution in [3.05, 3.63) is 59.2 Å². The van der Waals surface area contributed by atoms with Crippen LogP contribution in [0.3, 0.4) is 0 Å². The number of hydrogen-bond donors (Lipinski definition) is 2. The zero-order chi connectivity index (χ0) is 15.4. The van der Waals surface area contributed by atoms with E-state index in [0.29, 0.717) is 6.04 Å². The summed E-state index contributed by atoms with van der Waals surface area (Å²) in [6.45, 7) is 2.95. The molecule has 0 spiro atoms. The van der Waals surface area contributed by atoms with Gasteiger partial charge in [-0.1, -0.05) is 12.1 Å².